The van der Waals surface area contributed by atoms with Crippen LogP contribution in [0.2, 0.25) is 0 Å². The second-order valence-corrected chi connectivity index (χ2v) is 3.63. The highest BCUT2D eigenvalue weighted by molar-refractivity contribution is 7.83. The van der Waals surface area contributed by atoms with Gasteiger partial charge in [0.05, 0.1) is 0 Å². The number of aliphatic carboxylic acids is 1. The van der Waals surface area contributed by atoms with Gasteiger partial charge in [-0.2, -0.15) is 25.8 Å². The van der Waals surface area contributed by atoms with E-state index in [0.29, 0.717) is 0 Å². The second-order valence-electron chi connectivity index (χ2n) is 2.00. The lowest BCUT2D eigenvalue weighted by atomic mass is 10.2. The summed E-state index contributed by atoms with van der Waals surface area (Å²) in [5.74, 6) is -1.14. The minimum absolute atomic E-state index is 0.0121. The number of hydrogen-bond donors (Lipinski definition) is 4. The number of carbonyl (C=O) groups is 1. The summed E-state index contributed by atoms with van der Waals surface area (Å²) in [5, 5.41) is 8.40. The zero-order valence-corrected chi connectivity index (χ0v) is 7.68. The van der Waals surface area contributed by atoms with Gasteiger partial charge in [-0.1, -0.05) is 0 Å². The quantitative estimate of drug-likeness (QED) is 0.353. The Balaban J connectivity index is 4.24. The van der Waals surface area contributed by atoms with Gasteiger partial charge < -0.3 is 5.11 Å². The zero-order chi connectivity index (χ0) is 9.78. The van der Waals surface area contributed by atoms with Gasteiger partial charge in [0.25, 0.3) is 0 Å². The van der Waals surface area contributed by atoms with Crippen LogP contribution < -0.4 is 4.72 Å². The Kier molecular flexibility index (Phi) is 4.53. The molecule has 0 aliphatic heterocycles. The van der Waals surface area contributed by atoms with Crippen molar-refractivity contribution in [2.24, 2.45) is 0 Å². The van der Waals surface area contributed by atoms with E-state index in [1.54, 1.807) is 0 Å². The van der Waals surface area contributed by atoms with E-state index in [0.717, 1.165) is 0 Å². The molecule has 3 N–H and O–H groups in total. The van der Waals surface area contributed by atoms with Crippen molar-refractivity contribution in [3.63, 3.8) is 0 Å². The van der Waals surface area contributed by atoms with Crippen LogP contribution in [0, 0.1) is 0 Å². The highest BCUT2D eigenvalue weighted by atomic mass is 32.2. The lowest BCUT2D eigenvalue weighted by molar-refractivity contribution is -0.139. The molecule has 0 radical (unpaired) electrons. The molecule has 0 aromatic carbocycles. The molecule has 1 atom stereocenters. The van der Waals surface area contributed by atoms with Crippen molar-refractivity contribution in [1.82, 2.24) is 4.72 Å². The van der Waals surface area contributed by atoms with Gasteiger partial charge in [-0.05, 0) is 12.2 Å². The molecule has 0 saturated carbocycles. The fourth-order valence-corrected chi connectivity index (χ4v) is 1.38. The summed E-state index contributed by atoms with van der Waals surface area (Å²) < 4.78 is 30.1. The van der Waals surface area contributed by atoms with Crippen molar-refractivity contribution < 1.29 is 22.9 Å². The molecular weight excluding hydrogens is 206 g/mol. The third-order valence-electron chi connectivity index (χ3n) is 1.01. The van der Waals surface area contributed by atoms with Gasteiger partial charge in [-0.25, -0.2) is 0 Å². The molecule has 0 aromatic rings. The van der Waals surface area contributed by atoms with Crippen LogP contribution in [0.25, 0.3) is 0 Å². The predicted molar refractivity (Wildman–Crippen MR) is 44.6 cm³/mol. The van der Waals surface area contributed by atoms with Crippen LogP contribution in [0.15, 0.2) is 0 Å². The maximum Gasteiger partial charge on any atom is 0.334 e. The van der Waals surface area contributed by atoms with Gasteiger partial charge in [-0.3, -0.25) is 9.35 Å². The Bertz CT molecular complexity index is 248. The molecule has 0 spiro atoms. The Labute approximate surface area is 75.3 Å². The minimum atomic E-state index is -4.46. The molecule has 12 heavy (non-hydrogen) atoms. The molecule has 8 heteroatoms. The Morgan fingerprint density at radius 1 is 1.58 bits per heavy atom. The van der Waals surface area contributed by atoms with E-state index in [4.69, 9.17) is 9.66 Å². The predicted octanol–water partition coefficient (Wildman–Crippen LogP) is -0.848. The molecule has 0 bridgehead atoms. The third-order valence-corrected chi connectivity index (χ3v) is 1.85. The molecule has 72 valence electrons. The molecule has 0 rings (SSSR count). The number of rotatable bonds is 5. The molecule has 0 unspecified atom stereocenters. The molecule has 0 aliphatic carbocycles. The SMILES string of the molecule is O=C(O)[C@H](CCS)NS(=O)(=O)O. The fraction of sp³-hybridized carbons (Fsp3) is 0.750. The molecule has 0 aromatic heterocycles. The summed E-state index contributed by atoms with van der Waals surface area (Å²) in [6, 6.07) is -1.32. The van der Waals surface area contributed by atoms with Gasteiger partial charge in [0, 0.05) is 0 Å². The van der Waals surface area contributed by atoms with Gasteiger partial charge in [0.2, 0.25) is 0 Å². The fourth-order valence-electron chi connectivity index (χ4n) is 0.542. The summed E-state index contributed by atoms with van der Waals surface area (Å²) in [6.45, 7) is 0. The van der Waals surface area contributed by atoms with E-state index in [-0.39, 0.29) is 12.2 Å². The molecule has 6 nitrogen and oxygen atoms in total. The number of thiol groups is 1. The van der Waals surface area contributed by atoms with Crippen molar-refractivity contribution in [3.8, 4) is 0 Å². The van der Waals surface area contributed by atoms with Crippen LogP contribution in [0.3, 0.4) is 0 Å². The zero-order valence-electron chi connectivity index (χ0n) is 5.97. The highest BCUT2D eigenvalue weighted by Crippen LogP contribution is 1.95. The smallest absolute Gasteiger partial charge is 0.334 e. The van der Waals surface area contributed by atoms with E-state index >= 15 is 0 Å². The van der Waals surface area contributed by atoms with E-state index in [2.05, 4.69) is 12.6 Å². The molecule has 0 amide bonds. The van der Waals surface area contributed by atoms with Crippen molar-refractivity contribution in [2.45, 2.75) is 12.5 Å². The van der Waals surface area contributed by atoms with Crippen molar-refractivity contribution in [1.29, 1.82) is 0 Å². The lowest BCUT2D eigenvalue weighted by Gasteiger charge is -2.09. The number of carboxylic acid groups (broad SMARTS) is 1. The Hall–Kier alpha value is -0.310. The van der Waals surface area contributed by atoms with Gasteiger partial charge in [0.15, 0.2) is 0 Å². The van der Waals surface area contributed by atoms with Crippen LogP contribution in [0.1, 0.15) is 6.42 Å². The second kappa shape index (κ2) is 4.65. The molecular formula is C4H9NO5S2. The maximum atomic E-state index is 10.3. The topological polar surface area (TPSA) is 104 Å². The van der Waals surface area contributed by atoms with Crippen molar-refractivity contribution in [2.75, 3.05) is 5.75 Å². The standard InChI is InChI=1S/C4H9NO5S2/c6-4(7)3(1-2-11)5-12(8,9)10/h3,5,11H,1-2H2,(H,6,7)(H,8,9,10)/t3-/m0/s1. The first-order valence-electron chi connectivity index (χ1n) is 2.95. The summed E-state index contributed by atoms with van der Waals surface area (Å²) in [4.78, 5) is 10.3. The van der Waals surface area contributed by atoms with E-state index < -0.39 is 22.3 Å². The average molecular weight is 215 g/mol. The average Bonchev–Trinajstić information content (AvgIpc) is 1.83. The summed E-state index contributed by atoms with van der Waals surface area (Å²) in [6.07, 6.45) is 0.0121. The van der Waals surface area contributed by atoms with Crippen molar-refractivity contribution >= 4 is 28.9 Å². The monoisotopic (exact) mass is 215 g/mol. The van der Waals surface area contributed by atoms with Crippen LogP contribution in [0.4, 0.5) is 0 Å². The molecule has 0 fully saturated rings. The van der Waals surface area contributed by atoms with Gasteiger partial charge in [0.1, 0.15) is 6.04 Å². The number of carboxylic acids is 1. The third kappa shape index (κ3) is 5.35. The lowest BCUT2D eigenvalue weighted by Crippen LogP contribution is -2.40. The number of nitrogens with one attached hydrogen (secondary N) is 1. The summed E-state index contributed by atoms with van der Waals surface area (Å²) in [7, 11) is -4.46. The first kappa shape index (κ1) is 11.7. The van der Waals surface area contributed by atoms with E-state index in [1.165, 1.54) is 4.72 Å². The highest BCUT2D eigenvalue weighted by Gasteiger charge is 2.21. The molecule has 0 saturated heterocycles. The van der Waals surface area contributed by atoms with Crippen LogP contribution in [-0.2, 0) is 15.1 Å². The molecule has 0 aliphatic rings. The summed E-state index contributed by atoms with van der Waals surface area (Å²) >= 11 is 3.72. The van der Waals surface area contributed by atoms with Crippen LogP contribution in [0.5, 0.6) is 0 Å². The number of hydrogen-bond acceptors (Lipinski definition) is 4. The maximum absolute atomic E-state index is 10.3. The molecule has 0 heterocycles. The van der Waals surface area contributed by atoms with E-state index in [1.807, 2.05) is 0 Å². The summed E-state index contributed by atoms with van der Waals surface area (Å²) in [5.41, 5.74) is 0. The normalized spacial score (nSPS) is 14.2. The van der Waals surface area contributed by atoms with Gasteiger partial charge in [-0.15, -0.1) is 0 Å². The first-order valence-corrected chi connectivity index (χ1v) is 5.02. The first-order chi connectivity index (χ1) is 5.37. The van der Waals surface area contributed by atoms with Crippen molar-refractivity contribution in [3.05, 3.63) is 0 Å². The van der Waals surface area contributed by atoms with E-state index in [9.17, 15) is 13.2 Å². The van der Waals surface area contributed by atoms with Crippen LogP contribution in [-0.4, -0.2) is 35.8 Å². The minimum Gasteiger partial charge on any atom is -0.480 e. The van der Waals surface area contributed by atoms with Gasteiger partial charge >= 0.3 is 16.3 Å². The largest absolute Gasteiger partial charge is 0.480 e. The Morgan fingerprint density at radius 2 is 2.08 bits per heavy atom. The van der Waals surface area contributed by atoms with Crippen LogP contribution >= 0.6 is 12.6 Å². The Morgan fingerprint density at radius 3 is 2.33 bits per heavy atom.